The van der Waals surface area contributed by atoms with Gasteiger partial charge in [0.2, 0.25) is 0 Å². The summed E-state index contributed by atoms with van der Waals surface area (Å²) in [5.74, 6) is 2.01. The number of halogens is 1. The first kappa shape index (κ1) is 12.3. The second-order valence-electron chi connectivity index (χ2n) is 4.69. The lowest BCUT2D eigenvalue weighted by Gasteiger charge is -2.08. The molecule has 98 valence electrons. The van der Waals surface area contributed by atoms with Crippen molar-refractivity contribution in [1.82, 2.24) is 14.5 Å². The van der Waals surface area contributed by atoms with E-state index in [2.05, 4.69) is 31.2 Å². The Bertz CT molecular complexity index is 679. The van der Waals surface area contributed by atoms with Gasteiger partial charge in [0.25, 0.3) is 5.56 Å². The quantitative estimate of drug-likeness (QED) is 0.944. The second-order valence-corrected chi connectivity index (χ2v) is 5.60. The highest BCUT2D eigenvalue weighted by molar-refractivity contribution is 9.10. The van der Waals surface area contributed by atoms with Crippen LogP contribution in [0, 0.1) is 0 Å². The summed E-state index contributed by atoms with van der Waals surface area (Å²) in [5, 5.41) is 3.06. The maximum absolute atomic E-state index is 12.0. The van der Waals surface area contributed by atoms with Gasteiger partial charge in [-0.05, 0) is 40.9 Å². The van der Waals surface area contributed by atoms with Crippen LogP contribution in [0.1, 0.15) is 24.6 Å². The van der Waals surface area contributed by atoms with Crippen molar-refractivity contribution in [3.63, 3.8) is 0 Å². The Kier molecular flexibility index (Phi) is 3.10. The van der Waals surface area contributed by atoms with E-state index in [1.807, 2.05) is 0 Å². The average Bonchev–Trinajstić information content (AvgIpc) is 3.20. The minimum absolute atomic E-state index is 0.0882. The predicted octanol–water partition coefficient (Wildman–Crippen LogP) is 2.56. The molecule has 1 N–H and O–H groups in total. The van der Waals surface area contributed by atoms with Gasteiger partial charge in [0.1, 0.15) is 17.3 Å². The number of anilines is 2. The number of hydrogen-bond donors (Lipinski definition) is 1. The van der Waals surface area contributed by atoms with E-state index in [0.29, 0.717) is 17.4 Å². The number of pyridine rings is 1. The lowest BCUT2D eigenvalue weighted by Crippen LogP contribution is -2.19. The molecule has 0 radical (unpaired) electrons. The molecule has 1 aliphatic carbocycles. The fourth-order valence-electron chi connectivity index (χ4n) is 1.88. The molecule has 5 nitrogen and oxygen atoms in total. The van der Waals surface area contributed by atoms with Crippen LogP contribution >= 0.6 is 15.9 Å². The monoisotopic (exact) mass is 320 g/mol. The van der Waals surface area contributed by atoms with E-state index in [0.717, 1.165) is 23.1 Å². The molecule has 0 aliphatic heterocycles. The molecule has 0 atom stereocenters. The van der Waals surface area contributed by atoms with E-state index >= 15 is 0 Å². The van der Waals surface area contributed by atoms with Crippen molar-refractivity contribution in [2.45, 2.75) is 18.8 Å². The summed E-state index contributed by atoms with van der Waals surface area (Å²) in [5.41, 5.74) is 0.409. The summed E-state index contributed by atoms with van der Waals surface area (Å²) in [4.78, 5) is 20.7. The number of aryl methyl sites for hydroxylation is 1. The van der Waals surface area contributed by atoms with Gasteiger partial charge in [-0.1, -0.05) is 0 Å². The zero-order valence-corrected chi connectivity index (χ0v) is 12.0. The van der Waals surface area contributed by atoms with Gasteiger partial charge < -0.3 is 9.88 Å². The third-order valence-electron chi connectivity index (χ3n) is 3.03. The molecule has 0 unspecified atom stereocenters. The van der Waals surface area contributed by atoms with Crippen LogP contribution in [0.4, 0.5) is 11.5 Å². The van der Waals surface area contributed by atoms with Crippen molar-refractivity contribution in [2.24, 2.45) is 7.05 Å². The first-order valence-electron chi connectivity index (χ1n) is 6.09. The molecule has 0 saturated heterocycles. The molecule has 0 spiro atoms. The topological polar surface area (TPSA) is 59.8 Å². The van der Waals surface area contributed by atoms with Crippen LogP contribution in [0.25, 0.3) is 0 Å². The maximum Gasteiger partial charge on any atom is 0.274 e. The van der Waals surface area contributed by atoms with Gasteiger partial charge >= 0.3 is 0 Å². The van der Waals surface area contributed by atoms with Crippen molar-refractivity contribution in [3.8, 4) is 0 Å². The number of nitrogens with zero attached hydrogens (tertiary/aromatic N) is 3. The van der Waals surface area contributed by atoms with Crippen LogP contribution in [0.15, 0.2) is 33.8 Å². The van der Waals surface area contributed by atoms with E-state index in [9.17, 15) is 4.79 Å². The molecule has 0 aromatic carbocycles. The Morgan fingerprint density at radius 1 is 1.47 bits per heavy atom. The smallest absolute Gasteiger partial charge is 0.274 e. The normalized spacial score (nSPS) is 14.4. The first-order chi connectivity index (χ1) is 9.13. The Balaban J connectivity index is 1.92. The standard InChI is InChI=1S/C13H13BrN4O/c1-18-7-9(14)6-10(13(18)19)16-11-4-5-15-12(17-11)8-2-3-8/h4-8H,2-3H2,1H3,(H,15,16,17). The molecule has 0 bridgehead atoms. The molecular weight excluding hydrogens is 308 g/mol. The minimum Gasteiger partial charge on any atom is -0.336 e. The molecule has 19 heavy (non-hydrogen) atoms. The van der Waals surface area contributed by atoms with Crippen LogP contribution in [0.5, 0.6) is 0 Å². The van der Waals surface area contributed by atoms with Crippen molar-refractivity contribution in [2.75, 3.05) is 5.32 Å². The fraction of sp³-hybridized carbons (Fsp3) is 0.308. The number of rotatable bonds is 3. The lowest BCUT2D eigenvalue weighted by atomic mass is 10.3. The zero-order valence-electron chi connectivity index (χ0n) is 10.4. The Morgan fingerprint density at radius 2 is 2.26 bits per heavy atom. The third-order valence-corrected chi connectivity index (χ3v) is 3.46. The SMILES string of the molecule is Cn1cc(Br)cc(Nc2ccnc(C3CC3)n2)c1=O. The molecule has 6 heteroatoms. The van der Waals surface area contributed by atoms with E-state index in [1.165, 1.54) is 4.57 Å². The number of nitrogens with one attached hydrogen (secondary N) is 1. The molecular formula is C13H13BrN4O. The summed E-state index contributed by atoms with van der Waals surface area (Å²) in [6.45, 7) is 0. The molecule has 2 heterocycles. The third kappa shape index (κ3) is 2.68. The van der Waals surface area contributed by atoms with Crippen molar-refractivity contribution in [1.29, 1.82) is 0 Å². The van der Waals surface area contributed by atoms with E-state index in [4.69, 9.17) is 0 Å². The number of aromatic nitrogens is 3. The Labute approximate surface area is 118 Å². The molecule has 0 amide bonds. The zero-order chi connectivity index (χ0) is 13.4. The van der Waals surface area contributed by atoms with Crippen molar-refractivity contribution in [3.05, 3.63) is 45.2 Å². The molecule has 1 aliphatic rings. The summed E-state index contributed by atoms with van der Waals surface area (Å²) in [6.07, 6.45) is 5.76. The summed E-state index contributed by atoms with van der Waals surface area (Å²) >= 11 is 3.38. The van der Waals surface area contributed by atoms with Gasteiger partial charge in [-0.3, -0.25) is 4.79 Å². The second kappa shape index (κ2) is 4.77. The van der Waals surface area contributed by atoms with Gasteiger partial charge in [-0.15, -0.1) is 0 Å². The molecule has 3 rings (SSSR count). The highest BCUT2D eigenvalue weighted by Gasteiger charge is 2.26. The van der Waals surface area contributed by atoms with E-state index < -0.39 is 0 Å². The van der Waals surface area contributed by atoms with Crippen LogP contribution in [-0.4, -0.2) is 14.5 Å². The van der Waals surface area contributed by atoms with Crippen LogP contribution < -0.4 is 10.9 Å². The first-order valence-corrected chi connectivity index (χ1v) is 6.89. The van der Waals surface area contributed by atoms with Crippen LogP contribution in [0.2, 0.25) is 0 Å². The van der Waals surface area contributed by atoms with E-state index in [1.54, 1.807) is 31.6 Å². The minimum atomic E-state index is -0.0882. The predicted molar refractivity (Wildman–Crippen MR) is 76.7 cm³/mol. The van der Waals surface area contributed by atoms with Gasteiger partial charge in [-0.25, -0.2) is 9.97 Å². The van der Waals surface area contributed by atoms with Gasteiger partial charge in [0.05, 0.1) is 0 Å². The molecule has 1 fully saturated rings. The number of hydrogen-bond acceptors (Lipinski definition) is 4. The van der Waals surface area contributed by atoms with E-state index in [-0.39, 0.29) is 5.56 Å². The van der Waals surface area contributed by atoms with Crippen molar-refractivity contribution >= 4 is 27.4 Å². The Hall–Kier alpha value is -1.69. The molecule has 1 saturated carbocycles. The lowest BCUT2D eigenvalue weighted by molar-refractivity contribution is 0.857. The molecule has 2 aromatic rings. The average molecular weight is 321 g/mol. The highest BCUT2D eigenvalue weighted by atomic mass is 79.9. The fourth-order valence-corrected chi connectivity index (χ4v) is 2.42. The van der Waals surface area contributed by atoms with Crippen molar-refractivity contribution < 1.29 is 0 Å². The highest BCUT2D eigenvalue weighted by Crippen LogP contribution is 2.38. The van der Waals surface area contributed by atoms with Crippen LogP contribution in [-0.2, 0) is 7.05 Å². The molecule has 2 aromatic heterocycles. The maximum atomic E-state index is 12.0. The van der Waals surface area contributed by atoms with Gasteiger partial charge in [0, 0.05) is 29.8 Å². The Morgan fingerprint density at radius 3 is 3.00 bits per heavy atom. The summed E-state index contributed by atoms with van der Waals surface area (Å²) in [6, 6.07) is 3.52. The summed E-state index contributed by atoms with van der Waals surface area (Å²) < 4.78 is 2.36. The van der Waals surface area contributed by atoms with Crippen LogP contribution in [0.3, 0.4) is 0 Å². The van der Waals surface area contributed by atoms with Gasteiger partial charge in [-0.2, -0.15) is 0 Å². The summed E-state index contributed by atoms with van der Waals surface area (Å²) in [7, 11) is 1.72. The van der Waals surface area contributed by atoms with Gasteiger partial charge in [0.15, 0.2) is 0 Å². The largest absolute Gasteiger partial charge is 0.336 e.